The fourth-order valence-electron chi connectivity index (χ4n) is 2.71. The number of benzene rings is 1. The molecular weight excluding hydrogens is 269 g/mol. The molecule has 0 spiro atoms. The predicted molar refractivity (Wildman–Crippen MR) is 80.3 cm³/mol. The van der Waals surface area contributed by atoms with Gasteiger partial charge in [0.1, 0.15) is 5.82 Å². The summed E-state index contributed by atoms with van der Waals surface area (Å²) in [6, 6.07) is 6.47. The predicted octanol–water partition coefficient (Wildman–Crippen LogP) is 3.30. The molecule has 2 rings (SSSR count). The van der Waals surface area contributed by atoms with Gasteiger partial charge in [-0.05, 0) is 43.9 Å². The van der Waals surface area contributed by atoms with Crippen LogP contribution in [0.3, 0.4) is 0 Å². The van der Waals surface area contributed by atoms with Crippen molar-refractivity contribution in [3.05, 3.63) is 47.3 Å². The maximum absolute atomic E-state index is 13.6. The zero-order valence-electron chi connectivity index (χ0n) is 12.6. The van der Waals surface area contributed by atoms with Crippen molar-refractivity contribution < 1.29 is 13.9 Å². The van der Waals surface area contributed by atoms with Crippen LogP contribution in [0, 0.1) is 5.82 Å². The molecule has 0 bridgehead atoms. The van der Waals surface area contributed by atoms with Crippen molar-refractivity contribution in [2.45, 2.75) is 38.6 Å². The van der Waals surface area contributed by atoms with E-state index in [2.05, 4.69) is 5.32 Å². The van der Waals surface area contributed by atoms with Crippen LogP contribution in [0.2, 0.25) is 0 Å². The first-order chi connectivity index (χ1) is 10.1. The number of ether oxygens (including phenoxy) is 1. The molecule has 0 atom stereocenters. The molecule has 3 nitrogen and oxygen atoms in total. The monoisotopic (exact) mass is 291 g/mol. The van der Waals surface area contributed by atoms with Crippen LogP contribution in [0.15, 0.2) is 35.9 Å². The number of hydrogen-bond donors (Lipinski definition) is 1. The lowest BCUT2D eigenvalue weighted by atomic mass is 9.82. The van der Waals surface area contributed by atoms with Crippen LogP contribution in [0.4, 0.5) is 4.39 Å². The molecule has 1 aliphatic rings. The second-order valence-corrected chi connectivity index (χ2v) is 5.45. The maximum atomic E-state index is 13.6. The highest BCUT2D eigenvalue weighted by Gasteiger charge is 2.36. The van der Waals surface area contributed by atoms with Crippen molar-refractivity contribution in [3.8, 4) is 0 Å². The van der Waals surface area contributed by atoms with E-state index in [-0.39, 0.29) is 11.7 Å². The number of carbonyl (C=O) groups is 1. The molecule has 0 unspecified atom stereocenters. The summed E-state index contributed by atoms with van der Waals surface area (Å²) in [6.07, 6.45) is 4.02. The highest BCUT2D eigenvalue weighted by molar-refractivity contribution is 5.93. The Bertz CT molecular complexity index is 533. The quantitative estimate of drug-likeness (QED) is 0.864. The summed E-state index contributed by atoms with van der Waals surface area (Å²) >= 11 is 0. The van der Waals surface area contributed by atoms with Crippen molar-refractivity contribution in [2.24, 2.45) is 0 Å². The van der Waals surface area contributed by atoms with Gasteiger partial charge in [-0.25, -0.2) is 4.39 Å². The molecule has 1 N–H and O–H groups in total. The molecule has 1 fully saturated rings. The van der Waals surface area contributed by atoms with Crippen molar-refractivity contribution in [3.63, 3.8) is 0 Å². The normalized spacial score (nSPS) is 18.3. The summed E-state index contributed by atoms with van der Waals surface area (Å²) in [5.41, 5.74) is 0.962. The smallest absolute Gasteiger partial charge is 0.247 e. The van der Waals surface area contributed by atoms with Crippen LogP contribution >= 0.6 is 0 Å². The zero-order valence-corrected chi connectivity index (χ0v) is 12.6. The van der Waals surface area contributed by atoms with Gasteiger partial charge in [0.2, 0.25) is 5.91 Å². The average molecular weight is 291 g/mol. The summed E-state index contributed by atoms with van der Waals surface area (Å²) in [5.74, 6) is -0.378. The summed E-state index contributed by atoms with van der Waals surface area (Å²) < 4.78 is 19.0. The highest BCUT2D eigenvalue weighted by Crippen LogP contribution is 2.32. The minimum atomic E-state index is -0.541. The van der Waals surface area contributed by atoms with Gasteiger partial charge in [0.15, 0.2) is 0 Å². The fourth-order valence-corrected chi connectivity index (χ4v) is 2.71. The van der Waals surface area contributed by atoms with E-state index >= 15 is 0 Å². The van der Waals surface area contributed by atoms with Crippen LogP contribution in [-0.4, -0.2) is 19.1 Å². The lowest BCUT2D eigenvalue weighted by Crippen LogP contribution is -2.49. The topological polar surface area (TPSA) is 38.3 Å². The molecule has 1 aromatic carbocycles. The minimum absolute atomic E-state index is 0.0944. The van der Waals surface area contributed by atoms with Gasteiger partial charge in [0.05, 0.1) is 5.54 Å². The largest absolute Gasteiger partial charge is 0.381 e. The summed E-state index contributed by atoms with van der Waals surface area (Å²) in [7, 11) is 0. The van der Waals surface area contributed by atoms with Crippen LogP contribution < -0.4 is 5.32 Å². The van der Waals surface area contributed by atoms with Crippen molar-refractivity contribution in [1.82, 2.24) is 5.32 Å². The first-order valence-corrected chi connectivity index (χ1v) is 7.40. The van der Waals surface area contributed by atoms with E-state index in [1.807, 2.05) is 19.1 Å². The highest BCUT2D eigenvalue weighted by atomic mass is 19.1. The van der Waals surface area contributed by atoms with Gasteiger partial charge < -0.3 is 10.1 Å². The molecule has 0 saturated carbocycles. The Kier molecular flexibility index (Phi) is 5.12. The molecular formula is C17H22FNO2. The summed E-state index contributed by atoms with van der Waals surface area (Å²) in [5, 5.41) is 3.11. The van der Waals surface area contributed by atoms with E-state index in [1.54, 1.807) is 13.0 Å². The molecule has 1 saturated heterocycles. The molecule has 4 heteroatoms. The molecule has 1 aliphatic heterocycles. The number of amides is 1. The van der Waals surface area contributed by atoms with E-state index in [4.69, 9.17) is 4.74 Å². The van der Waals surface area contributed by atoms with Crippen LogP contribution in [0.25, 0.3) is 0 Å². The van der Waals surface area contributed by atoms with Gasteiger partial charge in [0, 0.05) is 18.8 Å². The van der Waals surface area contributed by atoms with Crippen molar-refractivity contribution in [2.75, 3.05) is 13.2 Å². The van der Waals surface area contributed by atoms with Crippen LogP contribution in [0.1, 0.15) is 38.7 Å². The number of rotatable bonds is 4. The van der Waals surface area contributed by atoms with Gasteiger partial charge in [-0.2, -0.15) is 0 Å². The van der Waals surface area contributed by atoms with Gasteiger partial charge >= 0.3 is 0 Å². The molecule has 21 heavy (non-hydrogen) atoms. The lowest BCUT2D eigenvalue weighted by Gasteiger charge is -2.38. The maximum Gasteiger partial charge on any atom is 0.247 e. The third-order valence-electron chi connectivity index (χ3n) is 3.94. The minimum Gasteiger partial charge on any atom is -0.381 e. The molecule has 1 aromatic rings. The zero-order chi connectivity index (χ0) is 15.3. The average Bonchev–Trinajstić information content (AvgIpc) is 2.48. The first-order valence-electron chi connectivity index (χ1n) is 7.40. The second-order valence-electron chi connectivity index (χ2n) is 5.45. The summed E-state index contributed by atoms with van der Waals surface area (Å²) in [4.78, 5) is 12.4. The molecule has 0 aromatic heterocycles. The third-order valence-corrected chi connectivity index (χ3v) is 3.94. The second kappa shape index (κ2) is 6.85. The summed E-state index contributed by atoms with van der Waals surface area (Å²) in [6.45, 7) is 4.92. The Morgan fingerprint density at radius 1 is 1.43 bits per heavy atom. The Morgan fingerprint density at radius 2 is 2.14 bits per heavy atom. The molecule has 1 amide bonds. The Labute approximate surface area is 125 Å². The molecule has 0 radical (unpaired) electrons. The number of carbonyl (C=O) groups excluding carboxylic acids is 1. The standard InChI is InChI=1S/C17H22FNO2/c1-3-5-13(2)16(20)19-17(8-10-21-11-9-17)14-6-4-7-15(18)12-14/h4-7,12H,3,8-11H2,1-2H3,(H,19,20)/b13-5+. The molecule has 1 heterocycles. The Hall–Kier alpha value is -1.68. The van der Waals surface area contributed by atoms with E-state index in [1.165, 1.54) is 12.1 Å². The van der Waals surface area contributed by atoms with Gasteiger partial charge in [0.25, 0.3) is 0 Å². The van der Waals surface area contributed by atoms with Crippen LogP contribution in [0.5, 0.6) is 0 Å². The van der Waals surface area contributed by atoms with Crippen molar-refractivity contribution in [1.29, 1.82) is 0 Å². The SMILES string of the molecule is CC/C=C(\C)C(=O)NC1(c2cccc(F)c2)CCOCC1. The van der Waals surface area contributed by atoms with Gasteiger partial charge in [-0.1, -0.05) is 25.1 Å². The number of nitrogens with one attached hydrogen (secondary N) is 1. The lowest BCUT2D eigenvalue weighted by molar-refractivity contribution is -0.120. The van der Waals surface area contributed by atoms with Crippen LogP contribution in [-0.2, 0) is 15.1 Å². The third kappa shape index (κ3) is 3.70. The molecule has 114 valence electrons. The fraction of sp³-hybridized carbons (Fsp3) is 0.471. The van der Waals surface area contributed by atoms with E-state index in [9.17, 15) is 9.18 Å². The van der Waals surface area contributed by atoms with Crippen molar-refractivity contribution >= 4 is 5.91 Å². The van der Waals surface area contributed by atoms with Gasteiger partial charge in [-0.3, -0.25) is 4.79 Å². The number of hydrogen-bond acceptors (Lipinski definition) is 2. The number of allylic oxidation sites excluding steroid dienone is 1. The van der Waals surface area contributed by atoms with E-state index in [0.29, 0.717) is 31.6 Å². The molecule has 0 aliphatic carbocycles. The van der Waals surface area contributed by atoms with E-state index in [0.717, 1.165) is 12.0 Å². The first kappa shape index (κ1) is 15.7. The Morgan fingerprint density at radius 3 is 2.76 bits per heavy atom. The van der Waals surface area contributed by atoms with E-state index < -0.39 is 5.54 Å². The Balaban J connectivity index is 2.30. The van der Waals surface area contributed by atoms with Gasteiger partial charge in [-0.15, -0.1) is 0 Å². The number of halogens is 1.